The standard InChI is InChI=1S/C22H29FN2O2S/c1-16(2)28-25-15-22(3,23)20-11-9-19(10-12-20)18-7-5-17(6-8-18)13-14-24-21(26)27-4/h5-12,16,25H,13-15H2,1-4H3,(H,24,26). The van der Waals surface area contributed by atoms with Gasteiger partial charge in [-0.2, -0.15) is 0 Å². The third kappa shape index (κ3) is 6.84. The average Bonchev–Trinajstić information content (AvgIpc) is 2.68. The Bertz CT molecular complexity index is 746. The van der Waals surface area contributed by atoms with Crippen LogP contribution in [0, 0.1) is 0 Å². The maximum atomic E-state index is 14.9. The molecule has 2 aromatic rings. The Morgan fingerprint density at radius 1 is 1.11 bits per heavy atom. The number of alkyl halides is 1. The lowest BCUT2D eigenvalue weighted by molar-refractivity contribution is 0.171. The van der Waals surface area contributed by atoms with Gasteiger partial charge in [0.15, 0.2) is 0 Å². The van der Waals surface area contributed by atoms with Crippen molar-refractivity contribution in [1.82, 2.24) is 10.0 Å². The van der Waals surface area contributed by atoms with Crippen LogP contribution >= 0.6 is 11.9 Å². The molecule has 2 N–H and O–H groups in total. The molecule has 0 aromatic heterocycles. The van der Waals surface area contributed by atoms with Gasteiger partial charge in [-0.05, 0) is 35.6 Å². The summed E-state index contributed by atoms with van der Waals surface area (Å²) in [6.45, 7) is 6.54. The van der Waals surface area contributed by atoms with E-state index in [4.69, 9.17) is 0 Å². The summed E-state index contributed by atoms with van der Waals surface area (Å²) in [5, 5.41) is 3.08. The van der Waals surface area contributed by atoms with Gasteiger partial charge < -0.3 is 10.1 Å². The molecule has 0 saturated heterocycles. The van der Waals surface area contributed by atoms with Gasteiger partial charge in [0.25, 0.3) is 0 Å². The van der Waals surface area contributed by atoms with Crippen molar-refractivity contribution in [1.29, 1.82) is 0 Å². The number of carbonyl (C=O) groups excluding carboxylic acids is 1. The Morgan fingerprint density at radius 3 is 2.21 bits per heavy atom. The highest BCUT2D eigenvalue weighted by atomic mass is 32.2. The normalized spacial score (nSPS) is 13.2. The Morgan fingerprint density at radius 2 is 1.68 bits per heavy atom. The van der Waals surface area contributed by atoms with Crippen molar-refractivity contribution in [3.63, 3.8) is 0 Å². The first kappa shape index (κ1) is 22.2. The van der Waals surface area contributed by atoms with Crippen molar-refractivity contribution in [2.45, 2.75) is 38.1 Å². The number of nitrogens with one attached hydrogen (secondary N) is 2. The van der Waals surface area contributed by atoms with Crippen LogP contribution in [0.3, 0.4) is 0 Å². The van der Waals surface area contributed by atoms with Gasteiger partial charge in [0.2, 0.25) is 0 Å². The van der Waals surface area contributed by atoms with Gasteiger partial charge in [0, 0.05) is 18.3 Å². The SMILES string of the molecule is COC(=O)NCCc1ccc(-c2ccc(C(C)(F)CNSC(C)C)cc2)cc1. The summed E-state index contributed by atoms with van der Waals surface area (Å²) < 4.78 is 22.6. The number of hydrogen-bond donors (Lipinski definition) is 2. The zero-order valence-electron chi connectivity index (χ0n) is 16.9. The van der Waals surface area contributed by atoms with Crippen LogP contribution in [0.15, 0.2) is 48.5 Å². The molecule has 2 rings (SSSR count). The lowest BCUT2D eigenvalue weighted by atomic mass is 9.95. The molecule has 2 aromatic carbocycles. The van der Waals surface area contributed by atoms with Crippen molar-refractivity contribution < 1.29 is 13.9 Å². The van der Waals surface area contributed by atoms with Gasteiger partial charge >= 0.3 is 6.09 Å². The molecule has 4 nitrogen and oxygen atoms in total. The van der Waals surface area contributed by atoms with Crippen molar-refractivity contribution in [2.24, 2.45) is 0 Å². The molecular weight excluding hydrogens is 375 g/mol. The monoisotopic (exact) mass is 404 g/mol. The van der Waals surface area contributed by atoms with E-state index in [1.165, 1.54) is 7.11 Å². The predicted molar refractivity (Wildman–Crippen MR) is 115 cm³/mol. The third-order valence-electron chi connectivity index (χ3n) is 4.37. The highest BCUT2D eigenvalue weighted by Crippen LogP contribution is 2.28. The van der Waals surface area contributed by atoms with E-state index in [2.05, 4.69) is 28.6 Å². The van der Waals surface area contributed by atoms with E-state index in [9.17, 15) is 9.18 Å². The fourth-order valence-electron chi connectivity index (χ4n) is 2.70. The van der Waals surface area contributed by atoms with E-state index in [1.54, 1.807) is 18.9 Å². The van der Waals surface area contributed by atoms with Crippen LogP contribution in [-0.4, -0.2) is 31.5 Å². The minimum absolute atomic E-state index is 0.267. The molecule has 0 saturated carbocycles. The van der Waals surface area contributed by atoms with Gasteiger partial charge in [-0.1, -0.05) is 74.3 Å². The number of rotatable bonds is 9. The zero-order valence-corrected chi connectivity index (χ0v) is 17.7. The van der Waals surface area contributed by atoms with Crippen LogP contribution in [-0.2, 0) is 16.8 Å². The topological polar surface area (TPSA) is 50.4 Å². The molecule has 0 fully saturated rings. The molecule has 28 heavy (non-hydrogen) atoms. The van der Waals surface area contributed by atoms with Crippen molar-refractivity contribution in [2.75, 3.05) is 20.2 Å². The van der Waals surface area contributed by atoms with Gasteiger partial charge in [-0.3, -0.25) is 4.72 Å². The first-order chi connectivity index (χ1) is 13.3. The number of amides is 1. The summed E-state index contributed by atoms with van der Waals surface area (Å²) in [5.74, 6) is 0. The van der Waals surface area contributed by atoms with E-state index in [-0.39, 0.29) is 6.54 Å². The Kier molecular flexibility index (Phi) is 8.33. The van der Waals surface area contributed by atoms with Gasteiger partial charge in [-0.25, -0.2) is 9.18 Å². The molecule has 0 spiro atoms. The summed E-state index contributed by atoms with van der Waals surface area (Å²) in [6.07, 6.45) is 0.310. The highest BCUT2D eigenvalue weighted by molar-refractivity contribution is 7.97. The minimum atomic E-state index is -1.42. The maximum absolute atomic E-state index is 14.9. The molecule has 0 bridgehead atoms. The maximum Gasteiger partial charge on any atom is 0.406 e. The number of methoxy groups -OCH3 is 1. The zero-order chi connectivity index (χ0) is 20.6. The summed E-state index contributed by atoms with van der Waals surface area (Å²) >= 11 is 1.54. The lowest BCUT2D eigenvalue weighted by Gasteiger charge is -2.22. The number of hydrogen-bond acceptors (Lipinski definition) is 4. The van der Waals surface area contributed by atoms with E-state index in [0.717, 1.165) is 23.1 Å². The van der Waals surface area contributed by atoms with Crippen molar-refractivity contribution in [3.8, 4) is 11.1 Å². The van der Waals surface area contributed by atoms with Crippen LogP contribution in [0.2, 0.25) is 0 Å². The molecule has 0 aliphatic heterocycles. The van der Waals surface area contributed by atoms with Crippen LogP contribution in [0.25, 0.3) is 11.1 Å². The summed E-state index contributed by atoms with van der Waals surface area (Å²) in [7, 11) is 1.35. The molecule has 0 heterocycles. The molecule has 1 unspecified atom stereocenters. The number of benzene rings is 2. The molecule has 1 amide bonds. The minimum Gasteiger partial charge on any atom is -0.453 e. The quantitative estimate of drug-likeness (QED) is 0.572. The third-order valence-corrected chi connectivity index (χ3v) is 5.15. The van der Waals surface area contributed by atoms with E-state index in [1.807, 2.05) is 48.5 Å². The second-order valence-corrected chi connectivity index (χ2v) is 8.59. The first-order valence-electron chi connectivity index (χ1n) is 9.41. The summed E-state index contributed by atoms with van der Waals surface area (Å²) in [5.41, 5.74) is 2.49. The fourth-order valence-corrected chi connectivity index (χ4v) is 3.39. The van der Waals surface area contributed by atoms with Crippen LogP contribution < -0.4 is 10.0 Å². The second-order valence-electron chi connectivity index (χ2n) is 7.13. The molecule has 0 aliphatic rings. The Balaban J connectivity index is 1.96. The number of ether oxygens (including phenoxy) is 1. The number of alkyl carbamates (subject to hydrolysis) is 1. The molecule has 152 valence electrons. The molecule has 0 radical (unpaired) electrons. The largest absolute Gasteiger partial charge is 0.453 e. The lowest BCUT2D eigenvalue weighted by Crippen LogP contribution is -2.29. The van der Waals surface area contributed by atoms with Crippen molar-refractivity contribution >= 4 is 18.0 Å². The van der Waals surface area contributed by atoms with E-state index in [0.29, 0.717) is 17.4 Å². The molecule has 0 aliphatic carbocycles. The van der Waals surface area contributed by atoms with Gasteiger partial charge in [0.1, 0.15) is 5.67 Å². The summed E-state index contributed by atoms with van der Waals surface area (Å²) in [6, 6.07) is 15.8. The average molecular weight is 405 g/mol. The molecule has 1 atom stereocenters. The predicted octanol–water partition coefficient (Wildman–Crippen LogP) is 5.08. The first-order valence-corrected chi connectivity index (χ1v) is 10.3. The fraction of sp³-hybridized carbons (Fsp3) is 0.409. The van der Waals surface area contributed by atoms with Gasteiger partial charge in [-0.15, -0.1) is 0 Å². The van der Waals surface area contributed by atoms with Gasteiger partial charge in [0.05, 0.1) is 7.11 Å². The van der Waals surface area contributed by atoms with Crippen LogP contribution in [0.4, 0.5) is 9.18 Å². The smallest absolute Gasteiger partial charge is 0.406 e. The highest BCUT2D eigenvalue weighted by Gasteiger charge is 2.25. The van der Waals surface area contributed by atoms with Crippen LogP contribution in [0.1, 0.15) is 31.9 Å². The second kappa shape index (κ2) is 10.5. The van der Waals surface area contributed by atoms with Crippen LogP contribution in [0.5, 0.6) is 0 Å². The van der Waals surface area contributed by atoms with E-state index >= 15 is 0 Å². The molecular formula is C22H29FN2O2S. The Hall–Kier alpha value is -2.05. The Labute approximate surface area is 171 Å². The molecule has 6 heteroatoms. The number of halogens is 1. The number of carbonyl (C=O) groups is 1. The summed E-state index contributed by atoms with van der Waals surface area (Å²) in [4.78, 5) is 11.1. The van der Waals surface area contributed by atoms with Crippen molar-refractivity contribution in [3.05, 3.63) is 59.7 Å². The van der Waals surface area contributed by atoms with E-state index < -0.39 is 11.8 Å².